The third-order valence-electron chi connectivity index (χ3n) is 3.18. The van der Waals surface area contributed by atoms with Crippen LogP contribution in [-0.2, 0) is 13.0 Å². The Kier molecular flexibility index (Phi) is 4.37. The number of nitrogen functional groups attached to an aromatic ring is 1. The van der Waals surface area contributed by atoms with E-state index < -0.39 is 17.3 Å². The first-order valence-corrected chi connectivity index (χ1v) is 6.52. The van der Waals surface area contributed by atoms with E-state index in [1.54, 1.807) is 6.20 Å². The van der Waals surface area contributed by atoms with E-state index in [2.05, 4.69) is 10.3 Å². The third kappa shape index (κ3) is 3.28. The van der Waals surface area contributed by atoms with Crippen LogP contribution in [0.2, 0.25) is 0 Å². The number of aromatic carboxylic acids is 1. The van der Waals surface area contributed by atoms with Crippen LogP contribution in [0.25, 0.3) is 0 Å². The van der Waals surface area contributed by atoms with Crippen molar-refractivity contribution in [1.29, 1.82) is 0 Å². The lowest BCUT2D eigenvalue weighted by Gasteiger charge is -2.12. The van der Waals surface area contributed by atoms with Crippen molar-refractivity contribution in [3.8, 4) is 0 Å². The van der Waals surface area contributed by atoms with Gasteiger partial charge in [-0.15, -0.1) is 0 Å². The van der Waals surface area contributed by atoms with E-state index in [0.717, 1.165) is 29.8 Å². The number of halogens is 1. The predicted molar refractivity (Wildman–Crippen MR) is 78.7 cm³/mol. The zero-order chi connectivity index (χ0) is 15.4. The van der Waals surface area contributed by atoms with Gasteiger partial charge >= 0.3 is 5.97 Å². The summed E-state index contributed by atoms with van der Waals surface area (Å²) in [6, 6.07) is 6.03. The number of aryl methyl sites for hydroxylation is 1. The summed E-state index contributed by atoms with van der Waals surface area (Å²) < 4.78 is 13.7. The molecule has 0 spiro atoms. The lowest BCUT2D eigenvalue weighted by atomic mass is 10.1. The van der Waals surface area contributed by atoms with Gasteiger partial charge < -0.3 is 16.2 Å². The molecule has 0 fully saturated rings. The second-order valence-electron chi connectivity index (χ2n) is 4.54. The number of aromatic nitrogens is 1. The summed E-state index contributed by atoms with van der Waals surface area (Å²) in [5, 5.41) is 11.8. The molecule has 0 aliphatic carbocycles. The molecule has 0 atom stereocenters. The van der Waals surface area contributed by atoms with Crippen molar-refractivity contribution < 1.29 is 14.3 Å². The smallest absolute Gasteiger partial charge is 0.338 e. The van der Waals surface area contributed by atoms with Gasteiger partial charge in [-0.05, 0) is 30.2 Å². The fraction of sp³-hybridized carbons (Fsp3) is 0.200. The average molecular weight is 289 g/mol. The summed E-state index contributed by atoms with van der Waals surface area (Å²) in [5.41, 5.74) is 7.78. The quantitative estimate of drug-likeness (QED) is 0.736. The first kappa shape index (κ1) is 14.8. The Balaban J connectivity index is 2.21. The number of rotatable bonds is 5. The van der Waals surface area contributed by atoms with Crippen LogP contribution in [-0.4, -0.2) is 16.1 Å². The van der Waals surface area contributed by atoms with Crippen LogP contribution in [0.15, 0.2) is 30.5 Å². The fourth-order valence-electron chi connectivity index (χ4n) is 2.04. The number of anilines is 2. The van der Waals surface area contributed by atoms with Gasteiger partial charge in [-0.1, -0.05) is 13.0 Å². The molecule has 1 aromatic heterocycles. The van der Waals surface area contributed by atoms with Gasteiger partial charge in [-0.3, -0.25) is 4.98 Å². The number of hydrogen-bond acceptors (Lipinski definition) is 4. The van der Waals surface area contributed by atoms with Crippen LogP contribution >= 0.6 is 0 Å². The zero-order valence-corrected chi connectivity index (χ0v) is 11.6. The Morgan fingerprint density at radius 3 is 2.90 bits per heavy atom. The highest BCUT2D eigenvalue weighted by molar-refractivity contribution is 5.90. The Bertz CT molecular complexity index is 674. The Morgan fingerprint density at radius 2 is 2.24 bits per heavy atom. The summed E-state index contributed by atoms with van der Waals surface area (Å²) in [5.74, 6) is -2.17. The molecule has 0 aliphatic rings. The largest absolute Gasteiger partial charge is 0.478 e. The van der Waals surface area contributed by atoms with Crippen molar-refractivity contribution in [3.63, 3.8) is 0 Å². The molecule has 6 heteroatoms. The average Bonchev–Trinajstić information content (AvgIpc) is 2.47. The number of hydrogen-bond donors (Lipinski definition) is 3. The van der Waals surface area contributed by atoms with Crippen LogP contribution in [0.3, 0.4) is 0 Å². The number of nitrogens with two attached hydrogens (primary N) is 1. The minimum atomic E-state index is -1.34. The van der Waals surface area contributed by atoms with Crippen molar-refractivity contribution in [2.45, 2.75) is 19.9 Å². The van der Waals surface area contributed by atoms with Crippen LogP contribution in [0.4, 0.5) is 15.8 Å². The molecule has 4 N–H and O–H groups in total. The monoisotopic (exact) mass is 289 g/mol. The normalized spacial score (nSPS) is 10.4. The van der Waals surface area contributed by atoms with Gasteiger partial charge in [0.15, 0.2) is 0 Å². The van der Waals surface area contributed by atoms with Gasteiger partial charge in [0.1, 0.15) is 5.82 Å². The van der Waals surface area contributed by atoms with E-state index in [4.69, 9.17) is 10.8 Å². The van der Waals surface area contributed by atoms with Gasteiger partial charge in [0, 0.05) is 6.20 Å². The molecule has 5 nitrogen and oxygen atoms in total. The van der Waals surface area contributed by atoms with Gasteiger partial charge in [0.25, 0.3) is 0 Å². The van der Waals surface area contributed by atoms with Gasteiger partial charge in [0.2, 0.25) is 0 Å². The Labute approximate surface area is 121 Å². The number of nitrogens with one attached hydrogen (secondary N) is 1. The molecular weight excluding hydrogens is 273 g/mol. The van der Waals surface area contributed by atoms with Crippen LogP contribution < -0.4 is 11.1 Å². The Morgan fingerprint density at radius 1 is 1.48 bits per heavy atom. The molecule has 110 valence electrons. The number of carboxylic acid groups (broad SMARTS) is 1. The summed E-state index contributed by atoms with van der Waals surface area (Å²) in [4.78, 5) is 15.1. The minimum absolute atomic E-state index is 0.183. The predicted octanol–water partition coefficient (Wildman–Crippen LogP) is 2.68. The highest BCUT2D eigenvalue weighted by Crippen LogP contribution is 2.24. The van der Waals surface area contributed by atoms with E-state index in [0.29, 0.717) is 12.2 Å². The molecule has 0 bridgehead atoms. The highest BCUT2D eigenvalue weighted by atomic mass is 19.1. The maximum atomic E-state index is 13.7. The molecule has 0 aliphatic heterocycles. The van der Waals surface area contributed by atoms with E-state index >= 15 is 0 Å². The standard InChI is InChI=1S/C15H16FN3O2/c1-2-9-4-3-5-18-14(9)8-19-13-7-11(16)10(15(20)21)6-12(13)17/h3-7,19H,2,8,17H2,1H3,(H,20,21). The van der Waals surface area contributed by atoms with E-state index in [9.17, 15) is 9.18 Å². The van der Waals surface area contributed by atoms with Gasteiger partial charge in [-0.25, -0.2) is 9.18 Å². The molecule has 0 radical (unpaired) electrons. The second-order valence-corrected chi connectivity index (χ2v) is 4.54. The van der Waals surface area contributed by atoms with E-state index in [1.807, 2.05) is 19.1 Å². The molecule has 0 unspecified atom stereocenters. The lowest BCUT2D eigenvalue weighted by molar-refractivity contribution is 0.0692. The first-order chi connectivity index (χ1) is 10.0. The van der Waals surface area contributed by atoms with Crippen LogP contribution in [0.1, 0.15) is 28.5 Å². The molecule has 2 aromatic rings. The van der Waals surface area contributed by atoms with Gasteiger partial charge in [-0.2, -0.15) is 0 Å². The molecule has 0 saturated heterocycles. The van der Waals surface area contributed by atoms with Crippen molar-refractivity contribution in [2.24, 2.45) is 0 Å². The summed E-state index contributed by atoms with van der Waals surface area (Å²) in [7, 11) is 0. The lowest BCUT2D eigenvalue weighted by Crippen LogP contribution is -2.09. The number of carboxylic acids is 1. The zero-order valence-electron chi connectivity index (χ0n) is 11.6. The summed E-state index contributed by atoms with van der Waals surface area (Å²) >= 11 is 0. The highest BCUT2D eigenvalue weighted by Gasteiger charge is 2.14. The molecule has 0 amide bonds. The molecule has 21 heavy (non-hydrogen) atoms. The number of pyridine rings is 1. The van der Waals surface area contributed by atoms with Gasteiger partial charge in [0.05, 0.1) is 29.2 Å². The van der Waals surface area contributed by atoms with Crippen LogP contribution in [0, 0.1) is 5.82 Å². The van der Waals surface area contributed by atoms with Crippen molar-refractivity contribution in [1.82, 2.24) is 4.98 Å². The van der Waals surface area contributed by atoms with E-state index in [1.165, 1.54) is 0 Å². The van der Waals surface area contributed by atoms with Crippen molar-refractivity contribution in [2.75, 3.05) is 11.1 Å². The fourth-order valence-corrected chi connectivity index (χ4v) is 2.04. The molecule has 2 rings (SSSR count). The van der Waals surface area contributed by atoms with Crippen molar-refractivity contribution >= 4 is 17.3 Å². The SMILES string of the molecule is CCc1cccnc1CNc1cc(F)c(C(=O)O)cc1N. The third-order valence-corrected chi connectivity index (χ3v) is 3.18. The summed E-state index contributed by atoms with van der Waals surface area (Å²) in [6.45, 7) is 2.41. The molecule has 0 saturated carbocycles. The number of carbonyl (C=O) groups is 1. The topological polar surface area (TPSA) is 88.2 Å². The number of benzene rings is 1. The number of nitrogens with zero attached hydrogens (tertiary/aromatic N) is 1. The van der Waals surface area contributed by atoms with Crippen LogP contribution in [0.5, 0.6) is 0 Å². The Hall–Kier alpha value is -2.63. The summed E-state index contributed by atoms with van der Waals surface area (Å²) in [6.07, 6.45) is 2.53. The second kappa shape index (κ2) is 6.21. The maximum absolute atomic E-state index is 13.7. The molecule has 1 heterocycles. The minimum Gasteiger partial charge on any atom is -0.478 e. The molecule has 1 aromatic carbocycles. The first-order valence-electron chi connectivity index (χ1n) is 6.52. The molecular formula is C15H16FN3O2. The van der Waals surface area contributed by atoms with Crippen molar-refractivity contribution in [3.05, 3.63) is 53.1 Å². The maximum Gasteiger partial charge on any atom is 0.338 e. The van der Waals surface area contributed by atoms with E-state index in [-0.39, 0.29) is 5.69 Å².